The second-order valence-corrected chi connectivity index (χ2v) is 8.50. The lowest BCUT2D eigenvalue weighted by atomic mass is 9.96. The van der Waals surface area contributed by atoms with Crippen molar-refractivity contribution < 1.29 is 14.0 Å². The van der Waals surface area contributed by atoms with Crippen LogP contribution in [0.1, 0.15) is 48.9 Å². The maximum atomic E-state index is 13.2. The molecule has 31 heavy (non-hydrogen) atoms. The second kappa shape index (κ2) is 9.94. The Hall–Kier alpha value is -2.89. The van der Waals surface area contributed by atoms with Crippen LogP contribution in [0.25, 0.3) is 0 Å². The highest BCUT2D eigenvalue weighted by atomic mass is 19.1. The van der Waals surface area contributed by atoms with Gasteiger partial charge >= 0.3 is 0 Å². The van der Waals surface area contributed by atoms with Crippen LogP contribution in [-0.4, -0.2) is 42.9 Å². The number of piperidine rings is 1. The molecule has 2 aliphatic rings. The first-order chi connectivity index (χ1) is 15.1. The highest BCUT2D eigenvalue weighted by Gasteiger charge is 2.29. The van der Waals surface area contributed by atoms with Crippen molar-refractivity contribution >= 4 is 23.2 Å². The first-order valence-electron chi connectivity index (χ1n) is 11.3. The largest absolute Gasteiger partial charge is 0.370 e. The van der Waals surface area contributed by atoms with Gasteiger partial charge in [-0.25, -0.2) is 4.39 Å². The molecule has 1 unspecified atom stereocenters. The monoisotopic (exact) mass is 423 g/mol. The Morgan fingerprint density at radius 3 is 2.32 bits per heavy atom. The fourth-order valence-corrected chi connectivity index (χ4v) is 4.55. The van der Waals surface area contributed by atoms with Gasteiger partial charge in [0, 0.05) is 31.7 Å². The van der Waals surface area contributed by atoms with Gasteiger partial charge in [0.05, 0.1) is 17.3 Å². The third-order valence-corrected chi connectivity index (χ3v) is 6.28. The molecule has 0 radical (unpaired) electrons. The number of para-hydroxylation sites is 2. The van der Waals surface area contributed by atoms with Crippen LogP contribution in [0.4, 0.5) is 15.8 Å². The SMILES string of the molecule is O=C(Nc1ccccc1N1CCCCCC1)C1CCCN(C(=O)c2ccc(F)cc2)C1. The molecule has 2 heterocycles. The van der Waals surface area contributed by atoms with Gasteiger partial charge in [-0.15, -0.1) is 0 Å². The number of likely N-dealkylation sites (tertiary alicyclic amines) is 1. The Kier molecular flexibility index (Phi) is 6.85. The predicted octanol–water partition coefficient (Wildman–Crippen LogP) is 4.70. The molecule has 2 aliphatic heterocycles. The Morgan fingerprint density at radius 1 is 0.871 bits per heavy atom. The number of hydrogen-bond donors (Lipinski definition) is 1. The molecule has 0 bridgehead atoms. The highest BCUT2D eigenvalue weighted by molar-refractivity contribution is 5.97. The standard InChI is InChI=1S/C25H30FN3O2/c26-21-13-11-19(12-14-21)25(31)29-17-7-8-20(18-29)24(30)27-22-9-3-4-10-23(22)28-15-5-1-2-6-16-28/h3-4,9-14,20H,1-2,5-8,15-18H2,(H,27,30). The van der Waals surface area contributed by atoms with Crippen LogP contribution < -0.4 is 10.2 Å². The van der Waals surface area contributed by atoms with E-state index >= 15 is 0 Å². The van der Waals surface area contributed by atoms with E-state index in [0.29, 0.717) is 18.7 Å². The zero-order valence-electron chi connectivity index (χ0n) is 17.9. The number of anilines is 2. The van der Waals surface area contributed by atoms with Crippen LogP contribution in [0.3, 0.4) is 0 Å². The molecule has 0 spiro atoms. The summed E-state index contributed by atoms with van der Waals surface area (Å²) in [6.07, 6.45) is 6.39. The number of hydrogen-bond acceptors (Lipinski definition) is 3. The van der Waals surface area contributed by atoms with Crippen molar-refractivity contribution in [2.24, 2.45) is 5.92 Å². The van der Waals surface area contributed by atoms with Gasteiger partial charge in [0.15, 0.2) is 0 Å². The lowest BCUT2D eigenvalue weighted by Crippen LogP contribution is -2.43. The van der Waals surface area contributed by atoms with E-state index < -0.39 is 0 Å². The number of amides is 2. The number of nitrogens with zero attached hydrogens (tertiary/aromatic N) is 2. The molecule has 1 N–H and O–H groups in total. The second-order valence-electron chi connectivity index (χ2n) is 8.50. The number of rotatable bonds is 4. The molecule has 0 aliphatic carbocycles. The van der Waals surface area contributed by atoms with Crippen molar-refractivity contribution in [2.75, 3.05) is 36.4 Å². The van der Waals surface area contributed by atoms with Crippen molar-refractivity contribution in [3.8, 4) is 0 Å². The number of carbonyl (C=O) groups is 2. The quantitative estimate of drug-likeness (QED) is 0.776. The molecular weight excluding hydrogens is 393 g/mol. The first-order valence-corrected chi connectivity index (χ1v) is 11.3. The zero-order chi connectivity index (χ0) is 21.6. The topological polar surface area (TPSA) is 52.7 Å². The van der Waals surface area contributed by atoms with Crippen molar-refractivity contribution in [1.82, 2.24) is 4.90 Å². The van der Waals surface area contributed by atoms with Crippen LogP contribution in [0.5, 0.6) is 0 Å². The minimum atomic E-state index is -0.365. The van der Waals surface area contributed by atoms with E-state index in [2.05, 4.69) is 16.3 Å². The van der Waals surface area contributed by atoms with Gasteiger partial charge < -0.3 is 15.1 Å². The van der Waals surface area contributed by atoms with Crippen LogP contribution in [0.2, 0.25) is 0 Å². The minimum absolute atomic E-state index is 0.0427. The number of nitrogens with one attached hydrogen (secondary N) is 1. The van der Waals surface area contributed by atoms with E-state index in [1.165, 1.54) is 49.9 Å². The summed E-state index contributed by atoms with van der Waals surface area (Å²) in [6, 6.07) is 13.6. The van der Waals surface area contributed by atoms with Gasteiger partial charge in [-0.1, -0.05) is 25.0 Å². The normalized spacial score (nSPS) is 19.6. The summed E-state index contributed by atoms with van der Waals surface area (Å²) in [5.74, 6) is -0.813. The van der Waals surface area contributed by atoms with Crippen LogP contribution in [0.15, 0.2) is 48.5 Å². The van der Waals surface area contributed by atoms with Crippen molar-refractivity contribution in [2.45, 2.75) is 38.5 Å². The average Bonchev–Trinajstić information content (AvgIpc) is 3.09. The summed E-state index contributed by atoms with van der Waals surface area (Å²) in [4.78, 5) is 30.0. The fourth-order valence-electron chi connectivity index (χ4n) is 4.55. The Morgan fingerprint density at radius 2 is 1.58 bits per heavy atom. The molecule has 2 amide bonds. The van der Waals surface area contributed by atoms with E-state index in [-0.39, 0.29) is 23.5 Å². The Balaban J connectivity index is 1.43. The van der Waals surface area contributed by atoms with Crippen molar-refractivity contribution in [3.63, 3.8) is 0 Å². The lowest BCUT2D eigenvalue weighted by molar-refractivity contribution is -0.121. The van der Waals surface area contributed by atoms with Gasteiger partial charge in [0.2, 0.25) is 5.91 Å². The molecule has 5 nitrogen and oxygen atoms in total. The molecule has 2 saturated heterocycles. The van der Waals surface area contributed by atoms with Crippen molar-refractivity contribution in [1.29, 1.82) is 0 Å². The summed E-state index contributed by atoms with van der Waals surface area (Å²) in [5.41, 5.74) is 2.37. The summed E-state index contributed by atoms with van der Waals surface area (Å²) in [5, 5.41) is 3.14. The van der Waals surface area contributed by atoms with Gasteiger partial charge in [-0.05, 0) is 62.1 Å². The summed E-state index contributed by atoms with van der Waals surface area (Å²) in [7, 11) is 0. The average molecular weight is 424 g/mol. The van der Waals surface area contributed by atoms with Crippen LogP contribution in [0, 0.1) is 11.7 Å². The lowest BCUT2D eigenvalue weighted by Gasteiger charge is -2.32. The molecule has 2 aromatic rings. The molecule has 1 atom stereocenters. The number of benzene rings is 2. The number of carbonyl (C=O) groups excluding carboxylic acids is 2. The maximum Gasteiger partial charge on any atom is 0.253 e. The van der Waals surface area contributed by atoms with Crippen molar-refractivity contribution in [3.05, 3.63) is 59.9 Å². The van der Waals surface area contributed by atoms with Crippen LogP contribution in [-0.2, 0) is 4.79 Å². The summed E-state index contributed by atoms with van der Waals surface area (Å²) < 4.78 is 13.2. The molecule has 2 aromatic carbocycles. The van der Waals surface area contributed by atoms with E-state index in [0.717, 1.165) is 37.3 Å². The molecule has 6 heteroatoms. The van der Waals surface area contributed by atoms with Gasteiger partial charge in [-0.2, -0.15) is 0 Å². The molecule has 0 saturated carbocycles. The highest BCUT2D eigenvalue weighted by Crippen LogP contribution is 2.29. The molecule has 4 rings (SSSR count). The molecule has 164 valence electrons. The first kappa shape index (κ1) is 21.3. The third-order valence-electron chi connectivity index (χ3n) is 6.28. The Labute approximate surface area is 183 Å². The summed E-state index contributed by atoms with van der Waals surface area (Å²) >= 11 is 0. The van der Waals surface area contributed by atoms with Gasteiger partial charge in [-0.3, -0.25) is 9.59 Å². The third kappa shape index (κ3) is 5.24. The molecule has 2 fully saturated rings. The zero-order valence-corrected chi connectivity index (χ0v) is 17.9. The van der Waals surface area contributed by atoms with Gasteiger partial charge in [0.1, 0.15) is 5.82 Å². The van der Waals surface area contributed by atoms with E-state index in [1.54, 1.807) is 4.90 Å². The minimum Gasteiger partial charge on any atom is -0.370 e. The molecule has 0 aromatic heterocycles. The summed E-state index contributed by atoms with van der Waals surface area (Å²) in [6.45, 7) is 3.02. The Bertz CT molecular complexity index is 907. The van der Waals surface area contributed by atoms with Gasteiger partial charge in [0.25, 0.3) is 5.91 Å². The fraction of sp³-hybridized carbons (Fsp3) is 0.440. The van der Waals surface area contributed by atoms with E-state index in [4.69, 9.17) is 0 Å². The molecular formula is C25H30FN3O2. The van der Waals surface area contributed by atoms with Crippen LogP contribution >= 0.6 is 0 Å². The van der Waals surface area contributed by atoms with E-state index in [1.807, 2.05) is 18.2 Å². The maximum absolute atomic E-state index is 13.2. The van der Waals surface area contributed by atoms with E-state index in [9.17, 15) is 14.0 Å². The number of halogens is 1. The smallest absolute Gasteiger partial charge is 0.253 e. The predicted molar refractivity (Wildman–Crippen MR) is 121 cm³/mol.